The molecule has 0 amide bonds. The summed E-state index contributed by atoms with van der Waals surface area (Å²) in [5, 5.41) is 5.36. The van der Waals surface area contributed by atoms with Gasteiger partial charge in [-0.15, -0.1) is 11.3 Å². The molecule has 1 N–H and O–H groups in total. The van der Waals surface area contributed by atoms with Crippen molar-refractivity contribution in [2.45, 2.75) is 19.4 Å². The van der Waals surface area contributed by atoms with Crippen LogP contribution in [0, 0.1) is 0 Å². The number of thiophene rings is 1. The van der Waals surface area contributed by atoms with E-state index in [0.29, 0.717) is 6.42 Å². The van der Waals surface area contributed by atoms with Gasteiger partial charge in [0, 0.05) is 12.3 Å². The first-order valence-corrected chi connectivity index (χ1v) is 8.80. The summed E-state index contributed by atoms with van der Waals surface area (Å²) in [4.78, 5) is 0. The first-order valence-electron chi connectivity index (χ1n) is 5.07. The van der Waals surface area contributed by atoms with Crippen LogP contribution in [-0.4, -0.2) is 27.0 Å². The molecule has 1 aromatic heterocycles. The molecule has 1 atom stereocenters. The molecule has 1 unspecified atom stereocenters. The van der Waals surface area contributed by atoms with Crippen LogP contribution in [0.3, 0.4) is 0 Å². The van der Waals surface area contributed by atoms with Crippen LogP contribution < -0.4 is 5.32 Å². The second-order valence-corrected chi connectivity index (χ2v) is 8.26. The summed E-state index contributed by atoms with van der Waals surface area (Å²) in [6.45, 7) is 2.86. The Morgan fingerprint density at radius 1 is 1.56 bits per heavy atom. The van der Waals surface area contributed by atoms with Crippen LogP contribution in [0.5, 0.6) is 0 Å². The summed E-state index contributed by atoms with van der Waals surface area (Å²) < 4.78 is 23.4. The first kappa shape index (κ1) is 14.2. The van der Waals surface area contributed by atoms with Crippen LogP contribution in [-0.2, 0) is 9.84 Å². The predicted molar refractivity (Wildman–Crippen MR) is 72.8 cm³/mol. The molecule has 0 radical (unpaired) electrons. The van der Waals surface area contributed by atoms with Gasteiger partial charge in [0.2, 0.25) is 0 Å². The molecule has 0 saturated heterocycles. The zero-order valence-electron chi connectivity index (χ0n) is 9.36. The summed E-state index contributed by atoms with van der Waals surface area (Å²) in [5.41, 5.74) is 1.15. The van der Waals surface area contributed by atoms with Crippen LogP contribution in [0.25, 0.3) is 0 Å². The highest BCUT2D eigenvalue weighted by molar-refractivity contribution is 9.11. The van der Waals surface area contributed by atoms with Crippen LogP contribution in [0.4, 0.5) is 0 Å². The summed E-state index contributed by atoms with van der Waals surface area (Å²) in [6, 6.07) is 2.17. The maximum atomic E-state index is 11.1. The van der Waals surface area contributed by atoms with Gasteiger partial charge in [0.1, 0.15) is 9.84 Å². The van der Waals surface area contributed by atoms with Crippen LogP contribution in [0.1, 0.15) is 24.9 Å². The monoisotopic (exact) mass is 325 g/mol. The molecule has 1 heterocycles. The minimum Gasteiger partial charge on any atom is -0.310 e. The second-order valence-electron chi connectivity index (χ2n) is 3.71. The average molecular weight is 326 g/mol. The maximum absolute atomic E-state index is 11.1. The van der Waals surface area contributed by atoms with Crippen LogP contribution in [0.15, 0.2) is 15.2 Å². The Bertz CT molecular complexity index is 428. The molecule has 16 heavy (non-hydrogen) atoms. The fourth-order valence-corrected chi connectivity index (χ4v) is 3.36. The lowest BCUT2D eigenvalue weighted by molar-refractivity contribution is 0.531. The topological polar surface area (TPSA) is 46.2 Å². The minimum atomic E-state index is -2.89. The molecule has 0 fully saturated rings. The number of rotatable bonds is 6. The van der Waals surface area contributed by atoms with E-state index in [1.165, 1.54) is 6.26 Å². The predicted octanol–water partition coefficient (Wildman–Crippen LogP) is 2.60. The fraction of sp³-hybridized carbons (Fsp3) is 0.600. The third-order valence-electron chi connectivity index (χ3n) is 2.22. The fourth-order valence-electron chi connectivity index (χ4n) is 1.47. The van der Waals surface area contributed by atoms with Crippen LogP contribution in [0.2, 0.25) is 0 Å². The standard InChI is InChI=1S/C10H16BrNO2S2/c1-3-12-9(4-5-16(2,13)14)8-6-10(11)15-7-8/h6-7,9,12H,3-5H2,1-2H3. The lowest BCUT2D eigenvalue weighted by Gasteiger charge is -2.15. The van der Waals surface area contributed by atoms with Crippen molar-refractivity contribution in [2.24, 2.45) is 0 Å². The number of halogens is 1. The van der Waals surface area contributed by atoms with E-state index in [2.05, 4.69) is 26.6 Å². The van der Waals surface area contributed by atoms with Gasteiger partial charge in [-0.1, -0.05) is 6.92 Å². The summed E-state index contributed by atoms with van der Waals surface area (Å²) in [5.74, 6) is 0.220. The van der Waals surface area contributed by atoms with E-state index in [0.717, 1.165) is 15.9 Å². The summed E-state index contributed by atoms with van der Waals surface area (Å²) in [7, 11) is -2.89. The molecule has 0 saturated carbocycles. The zero-order chi connectivity index (χ0) is 12.2. The van der Waals surface area contributed by atoms with Crippen molar-refractivity contribution in [1.82, 2.24) is 5.32 Å². The lowest BCUT2D eigenvalue weighted by atomic mass is 10.1. The maximum Gasteiger partial charge on any atom is 0.147 e. The number of hydrogen-bond acceptors (Lipinski definition) is 4. The highest BCUT2D eigenvalue weighted by atomic mass is 79.9. The molecule has 1 rings (SSSR count). The van der Waals surface area contributed by atoms with Gasteiger partial charge in [0.25, 0.3) is 0 Å². The SMILES string of the molecule is CCNC(CCS(C)(=O)=O)c1csc(Br)c1. The number of hydrogen-bond donors (Lipinski definition) is 1. The van der Waals surface area contributed by atoms with E-state index in [4.69, 9.17) is 0 Å². The van der Waals surface area contributed by atoms with E-state index >= 15 is 0 Å². The Balaban J connectivity index is 2.68. The van der Waals surface area contributed by atoms with Crippen molar-refractivity contribution in [3.8, 4) is 0 Å². The normalized spacial score (nSPS) is 13.9. The van der Waals surface area contributed by atoms with Gasteiger partial charge in [0.15, 0.2) is 0 Å². The summed E-state index contributed by atoms with van der Waals surface area (Å²) >= 11 is 5.03. The molecule has 0 bridgehead atoms. The Morgan fingerprint density at radius 3 is 2.69 bits per heavy atom. The Kier molecular flexibility index (Phi) is 5.43. The molecule has 0 aliphatic carbocycles. The molecule has 3 nitrogen and oxygen atoms in total. The second kappa shape index (κ2) is 6.14. The Hall–Kier alpha value is 0.0900. The van der Waals surface area contributed by atoms with Gasteiger partial charge < -0.3 is 5.32 Å². The third kappa shape index (κ3) is 4.95. The van der Waals surface area contributed by atoms with Gasteiger partial charge >= 0.3 is 0 Å². The largest absolute Gasteiger partial charge is 0.310 e. The van der Waals surface area contributed by atoms with Crippen molar-refractivity contribution in [1.29, 1.82) is 0 Å². The Labute approximate surface area is 109 Å². The van der Waals surface area contributed by atoms with Gasteiger partial charge in [-0.2, -0.15) is 0 Å². The smallest absolute Gasteiger partial charge is 0.147 e. The molecule has 92 valence electrons. The number of nitrogens with one attached hydrogen (secondary N) is 1. The van der Waals surface area contributed by atoms with Crippen molar-refractivity contribution in [2.75, 3.05) is 18.6 Å². The van der Waals surface area contributed by atoms with Crippen molar-refractivity contribution < 1.29 is 8.42 Å². The lowest BCUT2D eigenvalue weighted by Crippen LogP contribution is -2.23. The van der Waals surface area contributed by atoms with Crippen molar-refractivity contribution >= 4 is 37.1 Å². The number of sulfone groups is 1. The van der Waals surface area contributed by atoms with E-state index in [9.17, 15) is 8.42 Å². The first-order chi connectivity index (χ1) is 7.42. The van der Waals surface area contributed by atoms with E-state index in [-0.39, 0.29) is 11.8 Å². The van der Waals surface area contributed by atoms with E-state index in [1.807, 2.05) is 13.0 Å². The minimum absolute atomic E-state index is 0.127. The molecule has 0 aromatic carbocycles. The third-order valence-corrected chi connectivity index (χ3v) is 4.72. The quantitative estimate of drug-likeness (QED) is 0.874. The van der Waals surface area contributed by atoms with Crippen LogP contribution >= 0.6 is 27.3 Å². The highest BCUT2D eigenvalue weighted by Gasteiger charge is 2.14. The van der Waals surface area contributed by atoms with Crippen molar-refractivity contribution in [3.63, 3.8) is 0 Å². The Morgan fingerprint density at radius 2 is 2.25 bits per heavy atom. The van der Waals surface area contributed by atoms with Crippen molar-refractivity contribution in [3.05, 3.63) is 20.8 Å². The van der Waals surface area contributed by atoms with E-state index in [1.54, 1.807) is 11.3 Å². The molecule has 6 heteroatoms. The van der Waals surface area contributed by atoms with Gasteiger partial charge in [-0.05, 0) is 45.9 Å². The van der Waals surface area contributed by atoms with Gasteiger partial charge in [-0.25, -0.2) is 8.42 Å². The molecule has 0 spiro atoms. The molecule has 0 aliphatic rings. The van der Waals surface area contributed by atoms with E-state index < -0.39 is 9.84 Å². The average Bonchev–Trinajstić information content (AvgIpc) is 2.57. The molecule has 1 aromatic rings. The summed E-state index contributed by atoms with van der Waals surface area (Å²) in [6.07, 6.45) is 1.90. The van der Waals surface area contributed by atoms with Gasteiger partial charge in [0.05, 0.1) is 9.54 Å². The molecular weight excluding hydrogens is 310 g/mol. The van der Waals surface area contributed by atoms with Gasteiger partial charge in [-0.3, -0.25) is 0 Å². The zero-order valence-corrected chi connectivity index (χ0v) is 12.6. The highest BCUT2D eigenvalue weighted by Crippen LogP contribution is 2.27. The molecule has 0 aliphatic heterocycles. The molecular formula is C10H16BrNO2S2.